The van der Waals surface area contributed by atoms with E-state index in [4.69, 9.17) is 0 Å². The van der Waals surface area contributed by atoms with E-state index in [2.05, 4.69) is 43.5 Å². The topological polar surface area (TPSA) is 40.5 Å². The molecule has 0 amide bonds. The zero-order valence-electron chi connectivity index (χ0n) is 12.8. The summed E-state index contributed by atoms with van der Waals surface area (Å²) in [6.07, 6.45) is 5.02. The van der Waals surface area contributed by atoms with Gasteiger partial charge in [-0.2, -0.15) is 0 Å². The quantitative estimate of drug-likeness (QED) is 0.801. The molecule has 0 aromatic rings. The fourth-order valence-electron chi connectivity index (χ4n) is 3.96. The highest BCUT2D eigenvalue weighted by molar-refractivity contribution is 6.90. The zero-order chi connectivity index (χ0) is 14.2. The van der Waals surface area contributed by atoms with Gasteiger partial charge < -0.3 is 9.34 Å². The van der Waals surface area contributed by atoms with Crippen LogP contribution in [0.1, 0.15) is 32.1 Å². The van der Waals surface area contributed by atoms with E-state index in [0.29, 0.717) is 0 Å². The number of hydrogen-bond acceptors (Lipinski definition) is 2. The van der Waals surface area contributed by atoms with Crippen molar-refractivity contribution < 1.29 is 9.90 Å². The smallest absolute Gasteiger partial charge is 0.322 e. The first-order valence-electron chi connectivity index (χ1n) is 7.06. The predicted octanol–water partition coefficient (Wildman–Crippen LogP) is 3.75. The largest absolute Gasteiger partial charge is 0.480 e. The van der Waals surface area contributed by atoms with Crippen molar-refractivity contribution in [2.24, 2.45) is 0 Å². The number of nitrogens with zero attached hydrogens (tertiary/aromatic N) is 1. The van der Waals surface area contributed by atoms with Gasteiger partial charge in [0.25, 0.3) is 0 Å². The first kappa shape index (κ1) is 15.9. The average Bonchev–Trinajstić information content (AvgIpc) is 2.13. The summed E-state index contributed by atoms with van der Waals surface area (Å²) in [5, 5.41) is 9.89. The molecule has 1 N–H and O–H groups in total. The molecule has 0 spiro atoms. The average molecular weight is 288 g/mol. The van der Waals surface area contributed by atoms with Gasteiger partial charge >= 0.3 is 5.97 Å². The number of carbonyl (C=O) groups is 1. The molecule has 0 unspecified atom stereocenters. The van der Waals surface area contributed by atoms with Gasteiger partial charge in [0.1, 0.15) is 22.0 Å². The number of rotatable bonds is 4. The summed E-state index contributed by atoms with van der Waals surface area (Å²) in [5.41, 5.74) is -0.562. The van der Waals surface area contributed by atoms with Gasteiger partial charge in [-0.05, 0) is 12.8 Å². The van der Waals surface area contributed by atoms with Crippen LogP contribution in [0.15, 0.2) is 0 Å². The maximum Gasteiger partial charge on any atom is 0.322 e. The molecule has 0 atom stereocenters. The summed E-state index contributed by atoms with van der Waals surface area (Å²) in [7, 11) is -3.26. The summed E-state index contributed by atoms with van der Waals surface area (Å²) >= 11 is 0. The van der Waals surface area contributed by atoms with Crippen LogP contribution in [-0.2, 0) is 4.79 Å². The fraction of sp³-hybridized carbons (Fsp3) is 0.923. The van der Waals surface area contributed by atoms with E-state index in [1.54, 1.807) is 0 Å². The lowest BCUT2D eigenvalue weighted by molar-refractivity contribution is -0.148. The van der Waals surface area contributed by atoms with Crippen molar-refractivity contribution >= 4 is 22.4 Å². The maximum atomic E-state index is 12.0. The third-order valence-electron chi connectivity index (χ3n) is 3.85. The van der Waals surface area contributed by atoms with Gasteiger partial charge in [0.05, 0.1) is 0 Å². The van der Waals surface area contributed by atoms with E-state index >= 15 is 0 Å². The highest BCUT2D eigenvalue weighted by Crippen LogP contribution is 2.40. The molecule has 0 saturated heterocycles. The van der Waals surface area contributed by atoms with Crippen LogP contribution in [-0.4, -0.2) is 37.3 Å². The molecular weight excluding hydrogens is 258 g/mol. The molecule has 1 aliphatic rings. The lowest BCUT2D eigenvalue weighted by Gasteiger charge is -2.55. The molecule has 0 aliphatic heterocycles. The Hall–Kier alpha value is -0.136. The normalized spacial score (nSPS) is 21.1. The van der Waals surface area contributed by atoms with Gasteiger partial charge in [0.2, 0.25) is 0 Å². The second kappa shape index (κ2) is 5.09. The third-order valence-corrected chi connectivity index (χ3v) is 11.4. The third kappa shape index (κ3) is 3.06. The van der Waals surface area contributed by atoms with E-state index in [1.165, 1.54) is 6.42 Å². The minimum Gasteiger partial charge on any atom is -0.480 e. The molecule has 3 nitrogen and oxygen atoms in total. The summed E-state index contributed by atoms with van der Waals surface area (Å²) < 4.78 is 2.51. The number of carboxylic acids is 1. The lowest BCUT2D eigenvalue weighted by atomic mass is 9.83. The van der Waals surface area contributed by atoms with Crippen LogP contribution in [0.3, 0.4) is 0 Å². The minimum absolute atomic E-state index is 0.562. The van der Waals surface area contributed by atoms with Crippen molar-refractivity contribution in [2.45, 2.75) is 76.9 Å². The first-order chi connectivity index (χ1) is 8.02. The van der Waals surface area contributed by atoms with Crippen LogP contribution in [0.2, 0.25) is 39.3 Å². The Labute approximate surface area is 114 Å². The van der Waals surface area contributed by atoms with Crippen LogP contribution >= 0.6 is 0 Å². The van der Waals surface area contributed by atoms with Crippen LogP contribution in [0.5, 0.6) is 0 Å². The molecule has 1 saturated carbocycles. The molecule has 1 rings (SSSR count). The molecule has 1 aliphatic carbocycles. The monoisotopic (exact) mass is 287 g/mol. The highest BCUT2D eigenvalue weighted by atomic mass is 28.4. The molecule has 18 heavy (non-hydrogen) atoms. The van der Waals surface area contributed by atoms with Gasteiger partial charge in [-0.3, -0.25) is 4.79 Å². The Balaban J connectivity index is 3.26. The summed E-state index contributed by atoms with van der Waals surface area (Å²) in [6.45, 7) is 13.8. The predicted molar refractivity (Wildman–Crippen MR) is 82.0 cm³/mol. The van der Waals surface area contributed by atoms with Crippen molar-refractivity contribution in [3.63, 3.8) is 0 Å². The molecule has 106 valence electrons. The van der Waals surface area contributed by atoms with Gasteiger partial charge in [0, 0.05) is 0 Å². The Morgan fingerprint density at radius 1 is 0.944 bits per heavy atom. The second-order valence-electron chi connectivity index (χ2n) is 7.57. The maximum absolute atomic E-state index is 12.0. The van der Waals surface area contributed by atoms with E-state index in [1.807, 2.05) is 0 Å². The summed E-state index contributed by atoms with van der Waals surface area (Å²) in [4.78, 5) is 12.0. The van der Waals surface area contributed by atoms with E-state index in [9.17, 15) is 9.90 Å². The molecule has 1 fully saturated rings. The zero-order valence-corrected chi connectivity index (χ0v) is 14.8. The standard InChI is InChI=1S/C13H29NO2Si2/c1-17(2,3)14(18(4,5)6)13(12(15)16)10-8-7-9-11-13/h7-11H2,1-6H3,(H,15,16). The van der Waals surface area contributed by atoms with Crippen LogP contribution in [0.4, 0.5) is 0 Å². The van der Waals surface area contributed by atoms with E-state index < -0.39 is 28.0 Å². The van der Waals surface area contributed by atoms with Gasteiger partial charge in [-0.15, -0.1) is 0 Å². The van der Waals surface area contributed by atoms with Crippen LogP contribution < -0.4 is 0 Å². The van der Waals surface area contributed by atoms with Gasteiger partial charge in [-0.1, -0.05) is 58.5 Å². The first-order valence-corrected chi connectivity index (χ1v) is 14.0. The van der Waals surface area contributed by atoms with Crippen molar-refractivity contribution in [3.8, 4) is 0 Å². The van der Waals surface area contributed by atoms with Crippen LogP contribution in [0.25, 0.3) is 0 Å². The Morgan fingerprint density at radius 2 is 1.33 bits per heavy atom. The molecule has 0 aromatic heterocycles. The van der Waals surface area contributed by atoms with E-state index in [0.717, 1.165) is 25.7 Å². The fourth-order valence-corrected chi connectivity index (χ4v) is 15.2. The Bertz CT molecular complexity index is 298. The van der Waals surface area contributed by atoms with Crippen molar-refractivity contribution in [2.75, 3.05) is 0 Å². The van der Waals surface area contributed by atoms with Crippen molar-refractivity contribution in [1.29, 1.82) is 0 Å². The molecular formula is C13H29NO2Si2. The Kier molecular flexibility index (Phi) is 4.51. The number of carboxylic acid groups (broad SMARTS) is 1. The lowest BCUT2D eigenvalue weighted by Crippen LogP contribution is -2.72. The second-order valence-corrected chi connectivity index (χ2v) is 17.6. The molecule has 0 heterocycles. The summed E-state index contributed by atoms with van der Waals surface area (Å²) in [6, 6.07) is 0. The SMILES string of the molecule is C[Si](C)(C)N(C1(C(=O)O)CCCCC1)[Si](C)(C)C. The minimum atomic E-state index is -1.63. The van der Waals surface area contributed by atoms with Gasteiger partial charge in [-0.25, -0.2) is 0 Å². The Morgan fingerprint density at radius 3 is 1.61 bits per heavy atom. The molecule has 0 aromatic carbocycles. The number of hydrogen-bond donors (Lipinski definition) is 1. The molecule has 5 heteroatoms. The molecule has 0 radical (unpaired) electrons. The molecule has 0 bridgehead atoms. The van der Waals surface area contributed by atoms with Gasteiger partial charge in [0.15, 0.2) is 0 Å². The van der Waals surface area contributed by atoms with Crippen molar-refractivity contribution in [1.82, 2.24) is 4.23 Å². The van der Waals surface area contributed by atoms with Crippen molar-refractivity contribution in [3.05, 3.63) is 0 Å². The highest BCUT2D eigenvalue weighted by Gasteiger charge is 2.53. The number of aliphatic carboxylic acids is 1. The van der Waals surface area contributed by atoms with Crippen LogP contribution in [0, 0.1) is 0 Å². The van der Waals surface area contributed by atoms with E-state index in [-0.39, 0.29) is 0 Å². The summed E-state index contributed by atoms with van der Waals surface area (Å²) in [5.74, 6) is -0.577.